The highest BCUT2D eigenvalue weighted by Crippen LogP contribution is 2.21. The highest BCUT2D eigenvalue weighted by Gasteiger charge is 2.17. The van der Waals surface area contributed by atoms with E-state index in [1.54, 1.807) is 12.3 Å². The van der Waals surface area contributed by atoms with Crippen LogP contribution in [0, 0.1) is 10.1 Å². The first-order valence-corrected chi connectivity index (χ1v) is 8.37. The SMILES string of the molecule is CC1CN(Cc2cccc(CNc3ncccc3[N+](=O)[O-])c2)CCO1. The molecule has 1 unspecified atom stereocenters. The summed E-state index contributed by atoms with van der Waals surface area (Å²) in [5, 5.41) is 14.1. The summed E-state index contributed by atoms with van der Waals surface area (Å²) in [5.74, 6) is 0.292. The fraction of sp³-hybridized carbons (Fsp3) is 0.389. The number of benzene rings is 1. The standard InChI is InChI=1S/C18H22N4O3/c1-14-12-21(8-9-25-14)13-16-5-2-4-15(10-16)11-20-18-17(22(23)24)6-3-7-19-18/h2-7,10,14H,8-9,11-13H2,1H3,(H,19,20). The Labute approximate surface area is 146 Å². The molecule has 0 bridgehead atoms. The third-order valence-electron chi connectivity index (χ3n) is 4.17. The van der Waals surface area contributed by atoms with E-state index in [1.165, 1.54) is 11.6 Å². The van der Waals surface area contributed by atoms with E-state index in [1.807, 2.05) is 12.1 Å². The number of aromatic nitrogens is 1. The van der Waals surface area contributed by atoms with Crippen LogP contribution in [-0.2, 0) is 17.8 Å². The predicted molar refractivity (Wildman–Crippen MR) is 95.4 cm³/mol. The zero-order chi connectivity index (χ0) is 17.6. The van der Waals surface area contributed by atoms with Crippen LogP contribution in [0.5, 0.6) is 0 Å². The fourth-order valence-corrected chi connectivity index (χ4v) is 3.00. The molecule has 1 N–H and O–H groups in total. The minimum absolute atomic E-state index is 0.0130. The molecule has 1 aromatic heterocycles. The molecule has 0 saturated carbocycles. The Balaban J connectivity index is 1.63. The predicted octanol–water partition coefficient (Wildman–Crippen LogP) is 2.82. The molecule has 2 heterocycles. The van der Waals surface area contributed by atoms with Gasteiger partial charge in [-0.05, 0) is 24.1 Å². The highest BCUT2D eigenvalue weighted by atomic mass is 16.6. The lowest BCUT2D eigenvalue weighted by Gasteiger charge is -2.31. The Kier molecular flexibility index (Phi) is 5.57. The molecule has 1 aliphatic rings. The molecular weight excluding hydrogens is 320 g/mol. The molecule has 7 nitrogen and oxygen atoms in total. The van der Waals surface area contributed by atoms with Crippen molar-refractivity contribution in [3.8, 4) is 0 Å². The normalized spacial score (nSPS) is 18.0. The zero-order valence-electron chi connectivity index (χ0n) is 14.2. The van der Waals surface area contributed by atoms with Crippen LogP contribution in [0.3, 0.4) is 0 Å². The van der Waals surface area contributed by atoms with Gasteiger partial charge in [-0.15, -0.1) is 0 Å². The van der Waals surface area contributed by atoms with Gasteiger partial charge in [0.2, 0.25) is 5.82 Å². The van der Waals surface area contributed by atoms with Crippen molar-refractivity contribution in [1.29, 1.82) is 0 Å². The summed E-state index contributed by atoms with van der Waals surface area (Å²) in [4.78, 5) is 17.1. The van der Waals surface area contributed by atoms with Crippen molar-refractivity contribution >= 4 is 11.5 Å². The van der Waals surface area contributed by atoms with E-state index in [0.717, 1.165) is 31.8 Å². The summed E-state index contributed by atoms with van der Waals surface area (Å²) >= 11 is 0. The third kappa shape index (κ3) is 4.74. The topological polar surface area (TPSA) is 80.5 Å². The molecule has 3 rings (SSSR count). The van der Waals surface area contributed by atoms with Crippen LogP contribution in [0.4, 0.5) is 11.5 Å². The zero-order valence-corrected chi connectivity index (χ0v) is 14.2. The lowest BCUT2D eigenvalue weighted by molar-refractivity contribution is -0.384. The molecule has 0 amide bonds. The van der Waals surface area contributed by atoms with Crippen molar-refractivity contribution in [3.63, 3.8) is 0 Å². The largest absolute Gasteiger partial charge is 0.376 e. The molecule has 0 aliphatic carbocycles. The van der Waals surface area contributed by atoms with Gasteiger partial charge in [-0.1, -0.05) is 24.3 Å². The van der Waals surface area contributed by atoms with Crippen LogP contribution in [0.1, 0.15) is 18.1 Å². The Hall–Kier alpha value is -2.51. The van der Waals surface area contributed by atoms with Crippen molar-refractivity contribution < 1.29 is 9.66 Å². The van der Waals surface area contributed by atoms with Crippen molar-refractivity contribution in [3.05, 3.63) is 63.8 Å². The minimum Gasteiger partial charge on any atom is -0.376 e. The van der Waals surface area contributed by atoms with Crippen LogP contribution < -0.4 is 5.32 Å². The number of nitrogens with zero attached hydrogens (tertiary/aromatic N) is 3. The molecule has 1 aliphatic heterocycles. The lowest BCUT2D eigenvalue weighted by atomic mass is 10.1. The maximum Gasteiger partial charge on any atom is 0.311 e. The van der Waals surface area contributed by atoms with E-state index in [4.69, 9.17) is 4.74 Å². The Morgan fingerprint density at radius 1 is 1.36 bits per heavy atom. The number of ether oxygens (including phenoxy) is 1. The Morgan fingerprint density at radius 2 is 2.20 bits per heavy atom. The third-order valence-corrected chi connectivity index (χ3v) is 4.17. The van der Waals surface area contributed by atoms with Gasteiger partial charge in [0.15, 0.2) is 0 Å². The van der Waals surface area contributed by atoms with E-state index in [2.05, 4.69) is 34.3 Å². The Bertz CT molecular complexity index is 738. The van der Waals surface area contributed by atoms with Crippen LogP contribution in [-0.4, -0.2) is 40.6 Å². The number of hydrogen-bond donors (Lipinski definition) is 1. The Morgan fingerprint density at radius 3 is 3.00 bits per heavy atom. The van der Waals surface area contributed by atoms with E-state index < -0.39 is 4.92 Å². The molecule has 1 aromatic carbocycles. The summed E-state index contributed by atoms with van der Waals surface area (Å²) in [7, 11) is 0. The number of nitro groups is 1. The highest BCUT2D eigenvalue weighted by molar-refractivity contribution is 5.55. The van der Waals surface area contributed by atoms with Crippen molar-refractivity contribution in [1.82, 2.24) is 9.88 Å². The number of pyridine rings is 1. The molecular formula is C18H22N4O3. The number of morpholine rings is 1. The van der Waals surface area contributed by atoms with Gasteiger partial charge >= 0.3 is 5.69 Å². The molecule has 2 aromatic rings. The number of rotatable bonds is 6. The maximum absolute atomic E-state index is 11.0. The molecule has 1 fully saturated rings. The van der Waals surface area contributed by atoms with Gasteiger partial charge in [0, 0.05) is 38.4 Å². The number of hydrogen-bond acceptors (Lipinski definition) is 6. The first-order chi connectivity index (χ1) is 12.1. The van der Waals surface area contributed by atoms with E-state index in [0.29, 0.717) is 12.4 Å². The molecule has 0 spiro atoms. The fourth-order valence-electron chi connectivity index (χ4n) is 3.00. The van der Waals surface area contributed by atoms with Crippen LogP contribution in [0.15, 0.2) is 42.6 Å². The van der Waals surface area contributed by atoms with Gasteiger partial charge in [-0.3, -0.25) is 15.0 Å². The van der Waals surface area contributed by atoms with Gasteiger partial charge in [-0.2, -0.15) is 0 Å². The summed E-state index contributed by atoms with van der Waals surface area (Å²) in [6, 6.07) is 11.3. The summed E-state index contributed by atoms with van der Waals surface area (Å²) in [5.41, 5.74) is 2.28. The van der Waals surface area contributed by atoms with E-state index in [9.17, 15) is 10.1 Å². The van der Waals surface area contributed by atoms with Crippen molar-refractivity contribution in [2.75, 3.05) is 25.0 Å². The summed E-state index contributed by atoms with van der Waals surface area (Å²) in [6.07, 6.45) is 1.81. The van der Waals surface area contributed by atoms with Gasteiger partial charge in [-0.25, -0.2) is 4.98 Å². The quantitative estimate of drug-likeness (QED) is 0.642. The van der Waals surface area contributed by atoms with E-state index in [-0.39, 0.29) is 11.8 Å². The number of anilines is 1. The van der Waals surface area contributed by atoms with Gasteiger partial charge in [0.25, 0.3) is 0 Å². The summed E-state index contributed by atoms with van der Waals surface area (Å²) in [6.45, 7) is 6.10. The van der Waals surface area contributed by atoms with E-state index >= 15 is 0 Å². The van der Waals surface area contributed by atoms with Gasteiger partial charge < -0.3 is 10.1 Å². The summed E-state index contributed by atoms with van der Waals surface area (Å²) < 4.78 is 5.57. The average molecular weight is 342 g/mol. The monoisotopic (exact) mass is 342 g/mol. The van der Waals surface area contributed by atoms with Crippen LogP contribution in [0.25, 0.3) is 0 Å². The van der Waals surface area contributed by atoms with Crippen LogP contribution >= 0.6 is 0 Å². The smallest absolute Gasteiger partial charge is 0.311 e. The second kappa shape index (κ2) is 8.04. The molecule has 7 heteroatoms. The minimum atomic E-state index is -0.425. The van der Waals surface area contributed by atoms with Gasteiger partial charge in [0.05, 0.1) is 17.6 Å². The molecule has 0 radical (unpaired) electrons. The van der Waals surface area contributed by atoms with Crippen LogP contribution in [0.2, 0.25) is 0 Å². The average Bonchev–Trinajstić information content (AvgIpc) is 2.60. The van der Waals surface area contributed by atoms with Crippen molar-refractivity contribution in [2.24, 2.45) is 0 Å². The first-order valence-electron chi connectivity index (χ1n) is 8.37. The lowest BCUT2D eigenvalue weighted by Crippen LogP contribution is -2.40. The number of nitrogens with one attached hydrogen (secondary N) is 1. The molecule has 1 atom stereocenters. The molecule has 132 valence electrons. The molecule has 1 saturated heterocycles. The molecule has 25 heavy (non-hydrogen) atoms. The van der Waals surface area contributed by atoms with Gasteiger partial charge in [0.1, 0.15) is 0 Å². The second-order valence-electron chi connectivity index (χ2n) is 6.22. The first kappa shape index (κ1) is 17.3. The van der Waals surface area contributed by atoms with Crippen molar-refractivity contribution in [2.45, 2.75) is 26.1 Å². The second-order valence-corrected chi connectivity index (χ2v) is 6.22. The maximum atomic E-state index is 11.0.